The van der Waals surface area contributed by atoms with Crippen LogP contribution in [0.2, 0.25) is 0 Å². The fraction of sp³-hybridized carbons (Fsp3) is 0.579. The lowest BCUT2D eigenvalue weighted by molar-refractivity contribution is -0.126. The maximum Gasteiger partial charge on any atom is 0.273 e. The lowest BCUT2D eigenvalue weighted by atomic mass is 9.99. The monoisotopic (exact) mass is 666 g/mol. The summed E-state index contributed by atoms with van der Waals surface area (Å²) in [6.07, 6.45) is 15.4. The van der Waals surface area contributed by atoms with Crippen LogP contribution in [-0.4, -0.2) is 33.8 Å². The molecule has 0 saturated carbocycles. The molecule has 4 amide bonds. The van der Waals surface area contributed by atoms with Gasteiger partial charge >= 0.3 is 0 Å². The second kappa shape index (κ2) is 22.5. The van der Waals surface area contributed by atoms with Crippen LogP contribution in [-0.2, 0) is 22.4 Å². The van der Waals surface area contributed by atoms with Crippen LogP contribution >= 0.6 is 0 Å². The number of amides is 4. The third-order valence-corrected chi connectivity index (χ3v) is 8.77. The van der Waals surface area contributed by atoms with Crippen LogP contribution in [0.3, 0.4) is 0 Å². The Morgan fingerprint density at radius 1 is 0.542 bits per heavy atom. The van der Waals surface area contributed by atoms with E-state index < -0.39 is 11.8 Å². The Morgan fingerprint density at radius 3 is 1.27 bits per heavy atom. The minimum absolute atomic E-state index is 0.103. The summed E-state index contributed by atoms with van der Waals surface area (Å²) in [5, 5.41) is 20.6. The lowest BCUT2D eigenvalue weighted by Gasteiger charge is -2.14. The quantitative estimate of drug-likeness (QED) is 0.0612. The SMILES string of the molecule is CCCCCCc1ccc(C(=O)NNC(=O)C(C)CCCCCCC(C)C(=O)NNC(=O)c2ccc(CCCCCC)cc2O)c(O)c1. The number of nitrogens with one attached hydrogen (secondary N) is 4. The molecule has 0 fully saturated rings. The first-order valence-electron chi connectivity index (χ1n) is 17.9. The number of carbonyl (C=O) groups excluding carboxylic acids is 4. The highest BCUT2D eigenvalue weighted by Crippen LogP contribution is 2.22. The summed E-state index contributed by atoms with van der Waals surface area (Å²) in [6.45, 7) is 7.92. The summed E-state index contributed by atoms with van der Waals surface area (Å²) in [7, 11) is 0. The van der Waals surface area contributed by atoms with E-state index in [4.69, 9.17) is 0 Å². The summed E-state index contributed by atoms with van der Waals surface area (Å²) in [5.74, 6) is -2.55. The van der Waals surface area contributed by atoms with Gasteiger partial charge in [-0.05, 0) is 73.9 Å². The third-order valence-electron chi connectivity index (χ3n) is 8.77. The molecule has 2 aromatic carbocycles. The van der Waals surface area contributed by atoms with E-state index in [1.807, 2.05) is 12.1 Å². The molecule has 0 radical (unpaired) electrons. The number of benzene rings is 2. The number of phenolic OH excluding ortho intramolecular Hbond substituents is 2. The van der Waals surface area contributed by atoms with E-state index in [0.717, 1.165) is 88.2 Å². The first kappa shape index (κ1) is 40.1. The van der Waals surface area contributed by atoms with E-state index in [0.29, 0.717) is 12.8 Å². The summed E-state index contributed by atoms with van der Waals surface area (Å²) >= 11 is 0. The molecule has 0 saturated heterocycles. The van der Waals surface area contributed by atoms with Gasteiger partial charge in [0.2, 0.25) is 11.8 Å². The molecule has 0 aromatic heterocycles. The number of hydrogen-bond donors (Lipinski definition) is 6. The average molecular weight is 667 g/mol. The van der Waals surface area contributed by atoms with Crippen molar-refractivity contribution in [2.24, 2.45) is 11.8 Å². The molecule has 0 heterocycles. The third kappa shape index (κ3) is 14.8. The summed E-state index contributed by atoms with van der Waals surface area (Å²) in [5.41, 5.74) is 11.9. The Balaban J connectivity index is 1.60. The Bertz CT molecular complexity index is 1210. The second-order valence-electron chi connectivity index (χ2n) is 13.0. The van der Waals surface area contributed by atoms with Crippen molar-refractivity contribution in [1.82, 2.24) is 21.7 Å². The highest BCUT2D eigenvalue weighted by atomic mass is 16.3. The number of aryl methyl sites for hydroxylation is 2. The minimum Gasteiger partial charge on any atom is -0.507 e. The zero-order chi connectivity index (χ0) is 35.3. The van der Waals surface area contributed by atoms with Crippen LogP contribution in [0.25, 0.3) is 0 Å². The number of phenols is 2. The molecule has 2 atom stereocenters. The van der Waals surface area contributed by atoms with Crippen LogP contribution in [0.15, 0.2) is 36.4 Å². The van der Waals surface area contributed by atoms with E-state index in [9.17, 15) is 29.4 Å². The van der Waals surface area contributed by atoms with Gasteiger partial charge in [-0.25, -0.2) is 0 Å². The Labute approximate surface area is 286 Å². The first-order chi connectivity index (χ1) is 23.1. The fourth-order valence-electron chi connectivity index (χ4n) is 5.50. The van der Waals surface area contributed by atoms with Crippen LogP contribution in [0, 0.1) is 11.8 Å². The Morgan fingerprint density at radius 2 is 0.917 bits per heavy atom. The molecule has 0 aliphatic heterocycles. The molecule has 6 N–H and O–H groups in total. The van der Waals surface area contributed by atoms with Crippen LogP contribution in [0.1, 0.15) is 149 Å². The van der Waals surface area contributed by atoms with Gasteiger partial charge in [0.1, 0.15) is 11.5 Å². The van der Waals surface area contributed by atoms with E-state index in [2.05, 4.69) is 35.6 Å². The van der Waals surface area contributed by atoms with Crippen molar-refractivity contribution in [1.29, 1.82) is 0 Å². The molecule has 2 unspecified atom stereocenters. The maximum atomic E-state index is 12.5. The largest absolute Gasteiger partial charge is 0.507 e. The Kier molecular flexibility index (Phi) is 18.8. The predicted octanol–water partition coefficient (Wildman–Crippen LogP) is 7.18. The number of unbranched alkanes of at least 4 members (excludes halogenated alkanes) is 9. The van der Waals surface area contributed by atoms with Gasteiger partial charge in [-0.15, -0.1) is 0 Å². The highest BCUT2D eigenvalue weighted by molar-refractivity contribution is 5.98. The van der Waals surface area contributed by atoms with Gasteiger partial charge in [0.15, 0.2) is 0 Å². The van der Waals surface area contributed by atoms with Crippen molar-refractivity contribution >= 4 is 23.6 Å². The van der Waals surface area contributed by atoms with E-state index in [1.54, 1.807) is 38.1 Å². The van der Waals surface area contributed by atoms with E-state index in [1.165, 1.54) is 12.8 Å². The van der Waals surface area contributed by atoms with Crippen molar-refractivity contribution in [2.45, 2.75) is 130 Å². The van der Waals surface area contributed by atoms with Crippen LogP contribution in [0.4, 0.5) is 0 Å². The number of rotatable bonds is 21. The zero-order valence-corrected chi connectivity index (χ0v) is 29.5. The fourth-order valence-corrected chi connectivity index (χ4v) is 5.50. The lowest BCUT2D eigenvalue weighted by Crippen LogP contribution is -2.44. The normalized spacial score (nSPS) is 12.2. The van der Waals surface area contributed by atoms with Crippen LogP contribution in [0.5, 0.6) is 11.5 Å². The standard InChI is InChI=1S/C38H58N4O6/c1-5-7-9-15-19-29-21-23-31(33(43)25-29)37(47)41-39-35(45)27(3)17-13-11-12-14-18-28(4)36(46)40-42-38(48)32-24-22-30(26-34(32)44)20-16-10-8-6-2/h21-28,43-44H,5-20H2,1-4H3,(H,39,45)(H,40,46)(H,41,47)(H,42,48). The van der Waals surface area contributed by atoms with Crippen molar-refractivity contribution in [3.8, 4) is 11.5 Å². The molecule has 0 spiro atoms. The van der Waals surface area contributed by atoms with Gasteiger partial charge in [-0.2, -0.15) is 0 Å². The summed E-state index contributed by atoms with van der Waals surface area (Å²) in [6, 6.07) is 10.0. The van der Waals surface area contributed by atoms with E-state index >= 15 is 0 Å². The van der Waals surface area contributed by atoms with E-state index in [-0.39, 0.29) is 46.3 Å². The van der Waals surface area contributed by atoms with Gasteiger partial charge in [0, 0.05) is 11.8 Å². The van der Waals surface area contributed by atoms with Gasteiger partial charge < -0.3 is 10.2 Å². The first-order valence-corrected chi connectivity index (χ1v) is 17.9. The smallest absolute Gasteiger partial charge is 0.273 e. The van der Waals surface area contributed by atoms with Gasteiger partial charge in [0.05, 0.1) is 11.1 Å². The van der Waals surface area contributed by atoms with Crippen molar-refractivity contribution in [3.05, 3.63) is 58.7 Å². The van der Waals surface area contributed by atoms with Gasteiger partial charge in [-0.1, -0.05) is 104 Å². The molecule has 0 bridgehead atoms. The van der Waals surface area contributed by atoms with Crippen LogP contribution < -0.4 is 21.7 Å². The number of hydrazine groups is 2. The summed E-state index contributed by atoms with van der Waals surface area (Å²) in [4.78, 5) is 50.0. The molecular formula is C38H58N4O6. The average Bonchev–Trinajstić information content (AvgIpc) is 3.07. The maximum absolute atomic E-state index is 12.5. The number of carbonyl (C=O) groups is 4. The molecule has 48 heavy (non-hydrogen) atoms. The van der Waals surface area contributed by atoms with Gasteiger partial charge in [-0.3, -0.25) is 40.9 Å². The number of aromatic hydroxyl groups is 2. The second-order valence-corrected chi connectivity index (χ2v) is 13.0. The van der Waals surface area contributed by atoms with Crippen molar-refractivity contribution in [2.75, 3.05) is 0 Å². The van der Waals surface area contributed by atoms with Crippen molar-refractivity contribution in [3.63, 3.8) is 0 Å². The van der Waals surface area contributed by atoms with Crippen molar-refractivity contribution < 1.29 is 29.4 Å². The highest BCUT2D eigenvalue weighted by Gasteiger charge is 2.18. The zero-order valence-electron chi connectivity index (χ0n) is 29.5. The molecule has 2 rings (SSSR count). The number of hydrogen-bond acceptors (Lipinski definition) is 6. The molecule has 2 aromatic rings. The topological polar surface area (TPSA) is 157 Å². The van der Waals surface area contributed by atoms with Gasteiger partial charge in [0.25, 0.3) is 11.8 Å². The summed E-state index contributed by atoms with van der Waals surface area (Å²) < 4.78 is 0. The molecule has 0 aliphatic rings. The predicted molar refractivity (Wildman–Crippen MR) is 189 cm³/mol. The molecule has 266 valence electrons. The molecule has 10 heteroatoms. The minimum atomic E-state index is -0.566. The molecule has 0 aliphatic carbocycles. The molecular weight excluding hydrogens is 608 g/mol. The Hall–Kier alpha value is -4.08. The molecule has 10 nitrogen and oxygen atoms in total.